The fourth-order valence-electron chi connectivity index (χ4n) is 2.13. The van der Waals surface area contributed by atoms with Gasteiger partial charge < -0.3 is 15.1 Å². The van der Waals surface area contributed by atoms with Crippen LogP contribution < -0.4 is 10.2 Å². The van der Waals surface area contributed by atoms with Crippen LogP contribution in [0.2, 0.25) is 0 Å². The lowest BCUT2D eigenvalue weighted by atomic mass is 10.2. The molecule has 0 heterocycles. The fourth-order valence-corrected chi connectivity index (χ4v) is 2.13. The molecular weight excluding hydrogens is 234 g/mol. The second-order valence-electron chi connectivity index (χ2n) is 5.17. The van der Waals surface area contributed by atoms with Crippen molar-refractivity contribution in [2.75, 3.05) is 45.2 Å². The molecule has 0 saturated heterocycles. The summed E-state index contributed by atoms with van der Waals surface area (Å²) >= 11 is 0. The lowest BCUT2D eigenvalue weighted by molar-refractivity contribution is 0.287. The van der Waals surface area contributed by atoms with Crippen molar-refractivity contribution >= 4 is 5.69 Å². The molecular formula is C16H29N3. The average molecular weight is 263 g/mol. The number of nitrogens with one attached hydrogen (secondary N) is 1. The van der Waals surface area contributed by atoms with Crippen LogP contribution in [0, 0.1) is 0 Å². The van der Waals surface area contributed by atoms with Crippen LogP contribution in [0.1, 0.15) is 25.8 Å². The van der Waals surface area contributed by atoms with E-state index in [-0.39, 0.29) is 0 Å². The first-order chi connectivity index (χ1) is 9.17. The molecule has 0 fully saturated rings. The molecule has 0 aliphatic heterocycles. The first-order valence-corrected chi connectivity index (χ1v) is 7.36. The van der Waals surface area contributed by atoms with Gasteiger partial charge in [-0.1, -0.05) is 26.0 Å². The summed E-state index contributed by atoms with van der Waals surface area (Å²) in [5, 5.41) is 3.52. The molecule has 0 bridgehead atoms. The number of likely N-dealkylation sites (N-methyl/N-ethyl adjacent to an activating group) is 1. The summed E-state index contributed by atoms with van der Waals surface area (Å²) in [5.74, 6) is 0. The molecule has 0 amide bonds. The van der Waals surface area contributed by atoms with Gasteiger partial charge in [0.1, 0.15) is 0 Å². The highest BCUT2D eigenvalue weighted by Gasteiger charge is 2.00. The molecule has 108 valence electrons. The molecule has 0 aliphatic rings. The van der Waals surface area contributed by atoms with Crippen molar-refractivity contribution in [1.82, 2.24) is 10.2 Å². The summed E-state index contributed by atoms with van der Waals surface area (Å²) in [6.45, 7) is 9.97. The topological polar surface area (TPSA) is 18.5 Å². The minimum absolute atomic E-state index is 0.956. The number of anilines is 1. The molecule has 0 atom stereocenters. The minimum Gasteiger partial charge on any atom is -0.378 e. The van der Waals surface area contributed by atoms with Gasteiger partial charge in [0, 0.05) is 39.4 Å². The van der Waals surface area contributed by atoms with Gasteiger partial charge in [0.25, 0.3) is 0 Å². The summed E-state index contributed by atoms with van der Waals surface area (Å²) in [6.07, 6.45) is 1.24. The van der Waals surface area contributed by atoms with E-state index in [4.69, 9.17) is 0 Å². The largest absolute Gasteiger partial charge is 0.378 e. The fraction of sp³-hybridized carbons (Fsp3) is 0.625. The Labute approximate surface area is 118 Å². The van der Waals surface area contributed by atoms with Crippen molar-refractivity contribution in [2.45, 2.75) is 26.8 Å². The third kappa shape index (κ3) is 6.08. The molecule has 0 unspecified atom stereocenters. The van der Waals surface area contributed by atoms with Gasteiger partial charge in [-0.25, -0.2) is 0 Å². The van der Waals surface area contributed by atoms with Crippen LogP contribution in [-0.2, 0) is 6.54 Å². The molecule has 1 rings (SSSR count). The highest BCUT2D eigenvalue weighted by Crippen LogP contribution is 2.11. The molecule has 0 aliphatic carbocycles. The van der Waals surface area contributed by atoms with Crippen LogP contribution in [-0.4, -0.2) is 45.2 Å². The summed E-state index contributed by atoms with van der Waals surface area (Å²) in [5.41, 5.74) is 2.60. The summed E-state index contributed by atoms with van der Waals surface area (Å²) in [4.78, 5) is 4.61. The number of hydrogen-bond acceptors (Lipinski definition) is 3. The van der Waals surface area contributed by atoms with Crippen LogP contribution in [0.15, 0.2) is 24.3 Å². The average Bonchev–Trinajstić information content (AvgIpc) is 2.42. The molecule has 0 aromatic heterocycles. The molecule has 1 N–H and O–H groups in total. The Bertz CT molecular complexity index is 332. The first-order valence-electron chi connectivity index (χ1n) is 7.36. The van der Waals surface area contributed by atoms with E-state index in [2.05, 4.69) is 67.3 Å². The normalized spacial score (nSPS) is 11.0. The van der Waals surface area contributed by atoms with E-state index >= 15 is 0 Å². The predicted octanol–water partition coefficient (Wildman–Crippen LogP) is 2.57. The number of hydrogen-bond donors (Lipinski definition) is 1. The van der Waals surface area contributed by atoms with E-state index in [0.29, 0.717) is 0 Å². The second-order valence-corrected chi connectivity index (χ2v) is 5.17. The monoisotopic (exact) mass is 263 g/mol. The van der Waals surface area contributed by atoms with Gasteiger partial charge in [-0.3, -0.25) is 0 Å². The van der Waals surface area contributed by atoms with E-state index < -0.39 is 0 Å². The lowest BCUT2D eigenvalue weighted by Gasteiger charge is -2.19. The van der Waals surface area contributed by atoms with Crippen molar-refractivity contribution in [3.8, 4) is 0 Å². The third-order valence-electron chi connectivity index (χ3n) is 3.37. The molecule has 3 heteroatoms. The molecule has 0 spiro atoms. The smallest absolute Gasteiger partial charge is 0.0361 e. The molecule has 0 radical (unpaired) electrons. The first kappa shape index (κ1) is 16.0. The predicted molar refractivity (Wildman–Crippen MR) is 84.9 cm³/mol. The highest BCUT2D eigenvalue weighted by atomic mass is 15.1. The minimum atomic E-state index is 0.956. The quantitative estimate of drug-likeness (QED) is 0.691. The van der Waals surface area contributed by atoms with E-state index in [1.54, 1.807) is 0 Å². The second kappa shape index (κ2) is 8.94. The van der Waals surface area contributed by atoms with Gasteiger partial charge in [0.15, 0.2) is 0 Å². The van der Waals surface area contributed by atoms with Crippen molar-refractivity contribution in [3.05, 3.63) is 29.8 Å². The zero-order valence-electron chi connectivity index (χ0n) is 12.9. The Morgan fingerprint density at radius 3 is 2.21 bits per heavy atom. The Balaban J connectivity index is 2.25. The zero-order chi connectivity index (χ0) is 14.1. The van der Waals surface area contributed by atoms with Crippen molar-refractivity contribution in [3.63, 3.8) is 0 Å². The van der Waals surface area contributed by atoms with Gasteiger partial charge in [-0.15, -0.1) is 0 Å². The van der Waals surface area contributed by atoms with Crippen LogP contribution in [0.25, 0.3) is 0 Å². The zero-order valence-corrected chi connectivity index (χ0v) is 12.9. The van der Waals surface area contributed by atoms with Gasteiger partial charge in [-0.05, 0) is 37.2 Å². The summed E-state index contributed by atoms with van der Waals surface area (Å²) < 4.78 is 0. The van der Waals surface area contributed by atoms with E-state index in [1.807, 2.05) is 0 Å². The van der Waals surface area contributed by atoms with Crippen LogP contribution in [0.5, 0.6) is 0 Å². The maximum absolute atomic E-state index is 3.52. The van der Waals surface area contributed by atoms with Crippen molar-refractivity contribution in [1.29, 1.82) is 0 Å². The van der Waals surface area contributed by atoms with E-state index in [0.717, 1.165) is 26.2 Å². The molecule has 1 aromatic rings. The maximum atomic E-state index is 3.52. The summed E-state index contributed by atoms with van der Waals surface area (Å²) in [7, 11) is 4.14. The Morgan fingerprint density at radius 2 is 1.68 bits per heavy atom. The molecule has 0 saturated carbocycles. The van der Waals surface area contributed by atoms with Crippen LogP contribution in [0.3, 0.4) is 0 Å². The van der Waals surface area contributed by atoms with E-state index in [1.165, 1.54) is 24.2 Å². The van der Waals surface area contributed by atoms with Crippen LogP contribution in [0.4, 0.5) is 5.69 Å². The maximum Gasteiger partial charge on any atom is 0.0361 e. The van der Waals surface area contributed by atoms with Crippen molar-refractivity contribution < 1.29 is 0 Å². The number of nitrogens with zero attached hydrogens (tertiary/aromatic N) is 2. The Hall–Kier alpha value is -1.06. The molecule has 19 heavy (non-hydrogen) atoms. The lowest BCUT2D eigenvalue weighted by Crippen LogP contribution is -2.32. The van der Waals surface area contributed by atoms with E-state index in [9.17, 15) is 0 Å². The Morgan fingerprint density at radius 1 is 1.00 bits per heavy atom. The SMILES string of the molecule is CCCN(CC)CCNCc1ccc(N(C)C)cc1. The number of benzene rings is 1. The van der Waals surface area contributed by atoms with Crippen molar-refractivity contribution in [2.24, 2.45) is 0 Å². The Kier molecular flexibility index (Phi) is 7.53. The standard InChI is InChI=1S/C16H29N3/c1-5-12-19(6-2)13-11-17-14-15-7-9-16(10-8-15)18(3)4/h7-10,17H,5-6,11-14H2,1-4H3. The number of rotatable bonds is 9. The van der Waals surface area contributed by atoms with Gasteiger partial charge in [-0.2, -0.15) is 0 Å². The summed E-state index contributed by atoms with van der Waals surface area (Å²) in [6, 6.07) is 8.75. The van der Waals surface area contributed by atoms with Gasteiger partial charge >= 0.3 is 0 Å². The molecule has 3 nitrogen and oxygen atoms in total. The van der Waals surface area contributed by atoms with Gasteiger partial charge in [0.2, 0.25) is 0 Å². The van der Waals surface area contributed by atoms with Gasteiger partial charge in [0.05, 0.1) is 0 Å². The molecule has 1 aromatic carbocycles. The van der Waals surface area contributed by atoms with Crippen LogP contribution >= 0.6 is 0 Å². The third-order valence-corrected chi connectivity index (χ3v) is 3.37. The highest BCUT2D eigenvalue weighted by molar-refractivity contribution is 5.45.